The summed E-state index contributed by atoms with van der Waals surface area (Å²) < 4.78 is 0.975. The fourth-order valence-electron chi connectivity index (χ4n) is 3.09. The van der Waals surface area contributed by atoms with Gasteiger partial charge in [0.25, 0.3) is 5.91 Å². The molecule has 2 amide bonds. The molecule has 3 rings (SSSR count). The van der Waals surface area contributed by atoms with Crippen molar-refractivity contribution in [3.8, 4) is 0 Å². The first kappa shape index (κ1) is 17.9. The zero-order chi connectivity index (χ0) is 17.6. The van der Waals surface area contributed by atoms with Crippen LogP contribution in [0.3, 0.4) is 0 Å². The Hall–Kier alpha value is -1.89. The zero-order valence-electron chi connectivity index (χ0n) is 14.0. The van der Waals surface area contributed by atoms with Crippen molar-refractivity contribution in [3.63, 3.8) is 0 Å². The quantitative estimate of drug-likeness (QED) is 0.731. The number of benzene rings is 2. The van der Waals surface area contributed by atoms with Crippen molar-refractivity contribution in [1.29, 1.82) is 0 Å². The van der Waals surface area contributed by atoms with Gasteiger partial charge in [-0.15, -0.1) is 0 Å². The molecule has 1 aliphatic heterocycles. The number of carbonyl (C=O) groups excluding carboxylic acids is 2. The molecule has 0 saturated carbocycles. The molecular weight excluding hydrogens is 427 g/mol. The highest BCUT2D eigenvalue weighted by atomic mass is 127. The lowest BCUT2D eigenvalue weighted by Gasteiger charge is -2.32. The van der Waals surface area contributed by atoms with Crippen molar-refractivity contribution < 1.29 is 9.59 Å². The first-order chi connectivity index (χ1) is 12.1. The van der Waals surface area contributed by atoms with E-state index < -0.39 is 0 Å². The van der Waals surface area contributed by atoms with Gasteiger partial charge in [0.15, 0.2) is 0 Å². The first-order valence-corrected chi connectivity index (χ1v) is 9.58. The minimum Gasteiger partial charge on any atom is -0.353 e. The Labute approximate surface area is 161 Å². The number of hydrogen-bond acceptors (Lipinski definition) is 2. The summed E-state index contributed by atoms with van der Waals surface area (Å²) in [6.45, 7) is 1.36. The molecule has 0 bridgehead atoms. The standard InChI is InChI=1S/C20H21IN2O2/c21-18-9-5-4-8-17(18)20(25)23-12-10-16(11-13-23)22-19(24)14-15-6-2-1-3-7-15/h1-9,16H,10-14H2,(H,22,24). The molecule has 1 N–H and O–H groups in total. The van der Waals surface area contributed by atoms with Gasteiger partial charge in [0, 0.05) is 22.7 Å². The Morgan fingerprint density at radius 2 is 1.64 bits per heavy atom. The Balaban J connectivity index is 1.49. The Bertz CT molecular complexity index is 740. The summed E-state index contributed by atoms with van der Waals surface area (Å²) in [5, 5.41) is 3.10. The fourth-order valence-corrected chi connectivity index (χ4v) is 3.71. The SMILES string of the molecule is O=C(Cc1ccccc1)NC1CCN(C(=O)c2ccccc2I)CC1. The van der Waals surface area contributed by atoms with Gasteiger partial charge in [-0.25, -0.2) is 0 Å². The van der Waals surface area contributed by atoms with E-state index in [1.54, 1.807) is 0 Å². The van der Waals surface area contributed by atoms with Gasteiger partial charge in [0.2, 0.25) is 5.91 Å². The van der Waals surface area contributed by atoms with Crippen LogP contribution in [0, 0.1) is 3.57 Å². The van der Waals surface area contributed by atoms with Crippen LogP contribution in [-0.2, 0) is 11.2 Å². The average Bonchev–Trinajstić information content (AvgIpc) is 2.63. The highest BCUT2D eigenvalue weighted by molar-refractivity contribution is 14.1. The summed E-state index contributed by atoms with van der Waals surface area (Å²) in [7, 11) is 0. The number of nitrogens with zero attached hydrogens (tertiary/aromatic N) is 1. The van der Waals surface area contributed by atoms with Crippen LogP contribution < -0.4 is 5.32 Å². The predicted molar refractivity (Wildman–Crippen MR) is 106 cm³/mol. The third-order valence-electron chi connectivity index (χ3n) is 4.46. The van der Waals surface area contributed by atoms with E-state index >= 15 is 0 Å². The van der Waals surface area contributed by atoms with Crippen LogP contribution in [0.25, 0.3) is 0 Å². The molecule has 1 aliphatic rings. The molecule has 4 nitrogen and oxygen atoms in total. The second-order valence-corrected chi connectivity index (χ2v) is 7.44. The van der Waals surface area contributed by atoms with Crippen molar-refractivity contribution in [3.05, 3.63) is 69.3 Å². The highest BCUT2D eigenvalue weighted by Gasteiger charge is 2.25. The number of piperidine rings is 1. The van der Waals surface area contributed by atoms with Crippen LogP contribution in [-0.4, -0.2) is 35.8 Å². The van der Waals surface area contributed by atoms with E-state index in [1.165, 1.54) is 0 Å². The van der Waals surface area contributed by atoms with E-state index in [4.69, 9.17) is 0 Å². The van der Waals surface area contributed by atoms with Gasteiger partial charge >= 0.3 is 0 Å². The molecule has 0 spiro atoms. The summed E-state index contributed by atoms with van der Waals surface area (Å²) in [4.78, 5) is 26.7. The summed E-state index contributed by atoms with van der Waals surface area (Å²) >= 11 is 2.20. The third-order valence-corrected chi connectivity index (χ3v) is 5.40. The summed E-state index contributed by atoms with van der Waals surface area (Å²) in [5.74, 6) is 0.132. The normalized spacial score (nSPS) is 15.0. The van der Waals surface area contributed by atoms with Crippen molar-refractivity contribution in [1.82, 2.24) is 10.2 Å². The molecule has 25 heavy (non-hydrogen) atoms. The molecule has 0 aromatic heterocycles. The van der Waals surface area contributed by atoms with Crippen LogP contribution in [0.15, 0.2) is 54.6 Å². The van der Waals surface area contributed by atoms with Gasteiger partial charge in [0.1, 0.15) is 0 Å². The number of carbonyl (C=O) groups is 2. The van der Waals surface area contributed by atoms with Gasteiger partial charge in [-0.1, -0.05) is 42.5 Å². The number of amides is 2. The second-order valence-electron chi connectivity index (χ2n) is 6.28. The van der Waals surface area contributed by atoms with Crippen molar-refractivity contribution >= 4 is 34.4 Å². The molecule has 0 atom stereocenters. The van der Waals surface area contributed by atoms with Gasteiger partial charge in [-0.05, 0) is 53.1 Å². The van der Waals surface area contributed by atoms with Crippen LogP contribution >= 0.6 is 22.6 Å². The summed E-state index contributed by atoms with van der Waals surface area (Å²) in [6, 6.07) is 17.6. The molecule has 2 aromatic rings. The van der Waals surface area contributed by atoms with E-state index in [1.807, 2.05) is 59.5 Å². The number of nitrogens with one attached hydrogen (secondary N) is 1. The maximum atomic E-state index is 12.6. The molecule has 0 radical (unpaired) electrons. The summed E-state index contributed by atoms with van der Waals surface area (Å²) in [5.41, 5.74) is 1.78. The van der Waals surface area contributed by atoms with Crippen molar-refractivity contribution in [2.24, 2.45) is 0 Å². The predicted octanol–water partition coefficient (Wildman–Crippen LogP) is 3.25. The molecule has 0 aliphatic carbocycles. The zero-order valence-corrected chi connectivity index (χ0v) is 16.1. The van der Waals surface area contributed by atoms with E-state index in [0.717, 1.165) is 27.5 Å². The second kappa shape index (κ2) is 8.47. The molecule has 1 fully saturated rings. The van der Waals surface area contributed by atoms with E-state index in [2.05, 4.69) is 27.9 Å². The van der Waals surface area contributed by atoms with Gasteiger partial charge in [-0.3, -0.25) is 9.59 Å². The minimum atomic E-state index is 0.0496. The lowest BCUT2D eigenvalue weighted by Crippen LogP contribution is -2.47. The number of halogens is 1. The molecule has 5 heteroatoms. The molecule has 0 unspecified atom stereocenters. The summed E-state index contributed by atoms with van der Waals surface area (Å²) in [6.07, 6.45) is 2.01. The van der Waals surface area contributed by atoms with Crippen molar-refractivity contribution in [2.75, 3.05) is 13.1 Å². The lowest BCUT2D eigenvalue weighted by atomic mass is 10.0. The van der Waals surface area contributed by atoms with Crippen LogP contribution in [0.2, 0.25) is 0 Å². The van der Waals surface area contributed by atoms with E-state index in [9.17, 15) is 9.59 Å². The van der Waals surface area contributed by atoms with Crippen molar-refractivity contribution in [2.45, 2.75) is 25.3 Å². The van der Waals surface area contributed by atoms with Gasteiger partial charge in [-0.2, -0.15) is 0 Å². The van der Waals surface area contributed by atoms with Crippen LogP contribution in [0.4, 0.5) is 0 Å². The first-order valence-electron chi connectivity index (χ1n) is 8.50. The number of hydrogen-bond donors (Lipinski definition) is 1. The van der Waals surface area contributed by atoms with Gasteiger partial charge in [0.05, 0.1) is 12.0 Å². The monoisotopic (exact) mass is 448 g/mol. The van der Waals surface area contributed by atoms with Crippen LogP contribution in [0.5, 0.6) is 0 Å². The third kappa shape index (κ3) is 4.81. The molecule has 1 saturated heterocycles. The minimum absolute atomic E-state index is 0.0496. The number of rotatable bonds is 4. The average molecular weight is 448 g/mol. The molecule has 130 valence electrons. The maximum absolute atomic E-state index is 12.6. The Morgan fingerprint density at radius 3 is 2.32 bits per heavy atom. The highest BCUT2D eigenvalue weighted by Crippen LogP contribution is 2.18. The van der Waals surface area contributed by atoms with E-state index in [-0.39, 0.29) is 17.9 Å². The Morgan fingerprint density at radius 1 is 1.00 bits per heavy atom. The molecule has 2 aromatic carbocycles. The largest absolute Gasteiger partial charge is 0.353 e. The smallest absolute Gasteiger partial charge is 0.254 e. The molecular formula is C20H21IN2O2. The Kier molecular flexibility index (Phi) is 6.07. The lowest BCUT2D eigenvalue weighted by molar-refractivity contribution is -0.121. The van der Waals surface area contributed by atoms with E-state index in [0.29, 0.717) is 19.5 Å². The molecule has 1 heterocycles. The fraction of sp³-hybridized carbons (Fsp3) is 0.300. The van der Waals surface area contributed by atoms with Crippen LogP contribution in [0.1, 0.15) is 28.8 Å². The number of likely N-dealkylation sites (tertiary alicyclic amines) is 1. The topological polar surface area (TPSA) is 49.4 Å². The maximum Gasteiger partial charge on any atom is 0.254 e. The van der Waals surface area contributed by atoms with Gasteiger partial charge < -0.3 is 10.2 Å².